The molecule has 2 saturated carbocycles. The van der Waals surface area contributed by atoms with Crippen molar-refractivity contribution in [2.24, 2.45) is 33.5 Å². The highest BCUT2D eigenvalue weighted by molar-refractivity contribution is 7.33. The molecule has 0 N–H and O–H groups in total. The molecule has 2 aromatic rings. The van der Waals surface area contributed by atoms with Crippen LogP contribution in [-0.4, -0.2) is 24.4 Å². The van der Waals surface area contributed by atoms with Gasteiger partial charge in [-0.25, -0.2) is 8.78 Å². The van der Waals surface area contributed by atoms with Crippen LogP contribution >= 0.6 is 8.25 Å². The third kappa shape index (κ3) is 13.6. The zero-order valence-electron chi connectivity index (χ0n) is 43.8. The van der Waals surface area contributed by atoms with Gasteiger partial charge in [0.15, 0.2) is 23.1 Å². The molecule has 0 aromatic heterocycles. The van der Waals surface area contributed by atoms with Gasteiger partial charge >= 0.3 is 8.25 Å². The van der Waals surface area contributed by atoms with Crippen molar-refractivity contribution in [3.63, 3.8) is 0 Å². The molecule has 10 heteroatoms. The molecule has 0 aliphatic heterocycles. The molecule has 4 rings (SSSR count). The fraction of sp³-hybridized carbons (Fsp3) is 0.786. The Hall–Kier alpha value is -2.22. The van der Waals surface area contributed by atoms with Crippen LogP contribution in [0.3, 0.4) is 0 Å². The number of hydrogen-bond acceptors (Lipinski definition) is 5. The van der Waals surface area contributed by atoms with E-state index in [4.69, 9.17) is 18.5 Å². The average molecular weight is 950 g/mol. The number of hydrogen-bond donors (Lipinski definition) is 0. The van der Waals surface area contributed by atoms with Crippen LogP contribution in [0.25, 0.3) is 0 Å². The van der Waals surface area contributed by atoms with E-state index in [-0.39, 0.29) is 49.4 Å². The predicted molar refractivity (Wildman–Crippen MR) is 264 cm³/mol. The van der Waals surface area contributed by atoms with Gasteiger partial charge in [-0.05, 0) is 98.3 Å². The van der Waals surface area contributed by atoms with Crippen molar-refractivity contribution in [1.82, 2.24) is 0 Å². The molecule has 5 nitrogen and oxygen atoms in total. The Morgan fingerprint density at radius 2 is 0.803 bits per heavy atom. The van der Waals surface area contributed by atoms with Crippen LogP contribution < -0.4 is 9.47 Å². The highest BCUT2D eigenvalue weighted by Crippen LogP contribution is 2.53. The Labute approximate surface area is 400 Å². The van der Waals surface area contributed by atoms with Crippen molar-refractivity contribution in [3.05, 3.63) is 58.7 Å². The summed E-state index contributed by atoms with van der Waals surface area (Å²) in [6.07, 6.45) is 17.7. The molecule has 0 amide bonds. The molecule has 0 bridgehead atoms. The smallest absolute Gasteiger partial charge is 0.483 e. The van der Waals surface area contributed by atoms with E-state index in [9.17, 15) is 4.57 Å². The normalized spacial score (nSPS) is 20.7. The van der Waals surface area contributed by atoms with Crippen LogP contribution in [-0.2, 0) is 13.6 Å². The van der Waals surface area contributed by atoms with E-state index in [1.165, 1.54) is 51.4 Å². The van der Waals surface area contributed by atoms with Crippen molar-refractivity contribution < 1.29 is 40.6 Å². The summed E-state index contributed by atoms with van der Waals surface area (Å²) in [5.74, 6) is -2.67. The molecule has 0 unspecified atom stereocenters. The summed E-state index contributed by atoms with van der Waals surface area (Å²) in [5, 5.41) is 0. The van der Waals surface area contributed by atoms with Crippen molar-refractivity contribution in [2.75, 3.05) is 13.2 Å². The molecule has 2 aliphatic carbocycles. The molecule has 0 spiro atoms. The first-order valence-electron chi connectivity index (χ1n) is 25.8. The molecular weight excluding hydrogens is 860 g/mol. The van der Waals surface area contributed by atoms with Crippen molar-refractivity contribution in [1.29, 1.82) is 0 Å². The van der Waals surface area contributed by atoms with Crippen LogP contribution in [0.2, 0.25) is 0 Å². The molecular formula is C56H90F4O5P+. The van der Waals surface area contributed by atoms with Gasteiger partial charge < -0.3 is 9.47 Å². The van der Waals surface area contributed by atoms with E-state index in [1.807, 2.05) is 83.1 Å². The minimum Gasteiger partial charge on any atom is -0.483 e. The van der Waals surface area contributed by atoms with Gasteiger partial charge in [0.1, 0.15) is 24.4 Å². The molecule has 2 fully saturated rings. The molecule has 2 aromatic carbocycles. The Bertz CT molecular complexity index is 1680. The lowest BCUT2D eigenvalue weighted by molar-refractivity contribution is -0.129. The summed E-state index contributed by atoms with van der Waals surface area (Å²) in [7, 11) is -2.64. The van der Waals surface area contributed by atoms with Crippen LogP contribution in [0.1, 0.15) is 235 Å². The van der Waals surface area contributed by atoms with Crippen LogP contribution in [0.4, 0.5) is 17.6 Å². The topological polar surface area (TPSA) is 54.0 Å². The SMILES string of the molecule is CCCCCC1CCC(c2ccc(OC(CCO[P+](=O)OCCC(Oc3ccc(C4CCC(CCCCC)CC4)c(F)c3F)(C(C)(C)C)C(C)(C)C)(C(C)(C)C)C(C)(C)C)c(F)c2F)CC1. The van der Waals surface area contributed by atoms with Gasteiger partial charge in [-0.1, -0.05) is 160 Å². The lowest BCUT2D eigenvalue weighted by atomic mass is 9.61. The van der Waals surface area contributed by atoms with Crippen LogP contribution in [0.15, 0.2) is 24.3 Å². The zero-order valence-corrected chi connectivity index (χ0v) is 44.7. The highest BCUT2D eigenvalue weighted by atomic mass is 31.1. The second-order valence-electron chi connectivity index (χ2n) is 24.2. The minimum atomic E-state index is -2.64. The Kier molecular flexibility index (Phi) is 20.1. The van der Waals surface area contributed by atoms with Gasteiger partial charge in [0.25, 0.3) is 0 Å². The van der Waals surface area contributed by atoms with Crippen molar-refractivity contribution in [2.45, 2.75) is 236 Å². The van der Waals surface area contributed by atoms with Crippen molar-refractivity contribution in [3.8, 4) is 11.5 Å². The zero-order chi connectivity index (χ0) is 49.3. The largest absolute Gasteiger partial charge is 0.697 e. The number of ether oxygens (including phenoxy) is 2. The standard InChI is InChI=1S/C56H90F4O5P/c1-15-17-19-21-39-23-27-41(28-24-39)43-31-33-45(49(59)47(43)57)64-55(51(3,4)5,52(6,7)8)35-37-62-66(61)63-38-36-56(53(9,10)11,54(12,13)14)65-46-34-32-44(48(58)50(46)60)42-29-25-40(26-30-42)22-20-18-16-2/h31-34,39-42H,15-30,35-38H2,1-14H3/q+1. The van der Waals surface area contributed by atoms with Gasteiger partial charge in [0.05, 0.1) is 0 Å². The average Bonchev–Trinajstić information content (AvgIpc) is 3.22. The third-order valence-electron chi connectivity index (χ3n) is 15.9. The number of halogens is 4. The van der Waals surface area contributed by atoms with Gasteiger partial charge in [-0.3, -0.25) is 0 Å². The molecule has 0 radical (unpaired) electrons. The molecule has 2 aliphatic rings. The van der Waals surface area contributed by atoms with Crippen LogP contribution in [0.5, 0.6) is 11.5 Å². The monoisotopic (exact) mass is 950 g/mol. The lowest BCUT2D eigenvalue weighted by Crippen LogP contribution is -2.58. The fourth-order valence-electron chi connectivity index (χ4n) is 12.2. The first-order chi connectivity index (χ1) is 30.7. The van der Waals surface area contributed by atoms with Crippen molar-refractivity contribution >= 4 is 8.25 Å². The maximum atomic E-state index is 16.1. The number of unbranched alkanes of at least 4 members (excludes halogenated alkanes) is 4. The molecule has 66 heavy (non-hydrogen) atoms. The van der Waals surface area contributed by atoms with Gasteiger partial charge in [0.2, 0.25) is 11.6 Å². The number of rotatable bonds is 22. The summed E-state index contributed by atoms with van der Waals surface area (Å²) in [4.78, 5) is 0. The van der Waals surface area contributed by atoms with E-state index in [1.54, 1.807) is 24.3 Å². The second kappa shape index (κ2) is 23.6. The maximum absolute atomic E-state index is 16.1. The summed E-state index contributed by atoms with van der Waals surface area (Å²) < 4.78 is 103. The first-order valence-corrected chi connectivity index (χ1v) is 26.9. The summed E-state index contributed by atoms with van der Waals surface area (Å²) in [5.41, 5.74) is -3.75. The lowest BCUT2D eigenvalue weighted by Gasteiger charge is -2.53. The maximum Gasteiger partial charge on any atom is 0.697 e. The first kappa shape index (κ1) is 56.4. The predicted octanol–water partition coefficient (Wildman–Crippen LogP) is 18.5. The van der Waals surface area contributed by atoms with Gasteiger partial charge in [-0.15, -0.1) is 9.05 Å². The van der Waals surface area contributed by atoms with E-state index in [2.05, 4.69) is 13.8 Å². The van der Waals surface area contributed by atoms with Crippen LogP contribution in [0, 0.1) is 56.8 Å². The van der Waals surface area contributed by atoms with Gasteiger partial charge in [0, 0.05) is 39.1 Å². The molecule has 0 heterocycles. The summed E-state index contributed by atoms with van der Waals surface area (Å²) in [6, 6.07) is 6.55. The minimum absolute atomic E-state index is 0.0192. The number of benzene rings is 2. The molecule has 376 valence electrons. The molecule has 0 atom stereocenters. The molecule has 0 saturated heterocycles. The third-order valence-corrected chi connectivity index (χ3v) is 16.7. The highest BCUT2D eigenvalue weighted by Gasteiger charge is 2.55. The Morgan fingerprint density at radius 3 is 1.09 bits per heavy atom. The van der Waals surface area contributed by atoms with E-state index in [0.717, 1.165) is 51.4 Å². The Balaban J connectivity index is 1.44. The Morgan fingerprint density at radius 1 is 0.485 bits per heavy atom. The quantitative estimate of drug-likeness (QED) is 0.0669. The van der Waals surface area contributed by atoms with E-state index >= 15 is 17.6 Å². The van der Waals surface area contributed by atoms with Gasteiger partial charge in [-0.2, -0.15) is 8.78 Å². The second-order valence-corrected chi connectivity index (χ2v) is 25.2. The summed E-state index contributed by atoms with van der Waals surface area (Å²) in [6.45, 7) is 28.3. The fourth-order valence-corrected chi connectivity index (χ4v) is 12.7. The van der Waals surface area contributed by atoms with E-state index < -0.39 is 64.4 Å². The summed E-state index contributed by atoms with van der Waals surface area (Å²) >= 11 is 0. The van der Waals surface area contributed by atoms with E-state index in [0.29, 0.717) is 23.0 Å².